The molecular formula is C14H21BrO5. The Bertz CT molecular complexity index is 404. The van der Waals surface area contributed by atoms with Gasteiger partial charge in [-0.1, -0.05) is 22.4 Å². The molecule has 0 aromatic carbocycles. The van der Waals surface area contributed by atoms with Gasteiger partial charge in [0.25, 0.3) is 0 Å². The first-order valence-electron chi connectivity index (χ1n) is 6.78. The number of carbonyl (C=O) groups is 3. The number of methoxy groups -OCH3 is 1. The lowest BCUT2D eigenvalue weighted by Gasteiger charge is -2.40. The Hall–Kier alpha value is -0.910. The summed E-state index contributed by atoms with van der Waals surface area (Å²) in [6.45, 7) is 3.68. The number of halogens is 1. The Morgan fingerprint density at radius 1 is 1.35 bits per heavy atom. The van der Waals surface area contributed by atoms with Crippen LogP contribution < -0.4 is 0 Å². The van der Waals surface area contributed by atoms with Crippen LogP contribution in [0.3, 0.4) is 0 Å². The summed E-state index contributed by atoms with van der Waals surface area (Å²) in [4.78, 5) is 36.3. The molecule has 1 aliphatic carbocycles. The van der Waals surface area contributed by atoms with E-state index < -0.39 is 21.7 Å². The highest BCUT2D eigenvalue weighted by Gasteiger charge is 2.55. The number of carbonyl (C=O) groups excluding carboxylic acids is 3. The number of hydrogen-bond donors (Lipinski definition) is 0. The zero-order chi connectivity index (χ0) is 15.4. The minimum absolute atomic E-state index is 0.0319. The second-order valence-electron chi connectivity index (χ2n) is 5.26. The molecule has 0 radical (unpaired) electrons. The maximum atomic E-state index is 12.7. The van der Waals surface area contributed by atoms with Gasteiger partial charge in [0.2, 0.25) is 0 Å². The Kier molecular flexibility index (Phi) is 5.74. The Morgan fingerprint density at radius 3 is 2.55 bits per heavy atom. The molecule has 0 amide bonds. The van der Waals surface area contributed by atoms with Crippen molar-refractivity contribution in [2.24, 2.45) is 5.41 Å². The van der Waals surface area contributed by atoms with E-state index in [1.54, 1.807) is 13.8 Å². The van der Waals surface area contributed by atoms with Crippen LogP contribution in [-0.4, -0.2) is 35.8 Å². The normalized spacial score (nSPS) is 29.9. The van der Waals surface area contributed by atoms with Gasteiger partial charge in [0, 0.05) is 6.42 Å². The quantitative estimate of drug-likeness (QED) is 0.433. The number of hydrogen-bond acceptors (Lipinski definition) is 5. The van der Waals surface area contributed by atoms with Crippen LogP contribution in [0.4, 0.5) is 0 Å². The molecular weight excluding hydrogens is 328 g/mol. The van der Waals surface area contributed by atoms with Crippen molar-refractivity contribution in [2.45, 2.75) is 50.3 Å². The predicted octanol–water partition coefficient (Wildman–Crippen LogP) is 2.40. The molecule has 0 aromatic rings. The molecule has 1 fully saturated rings. The molecule has 1 saturated carbocycles. The molecule has 114 valence electrons. The smallest absolute Gasteiger partial charge is 0.319 e. The van der Waals surface area contributed by atoms with Crippen LogP contribution in [0.25, 0.3) is 0 Å². The lowest BCUT2D eigenvalue weighted by Crippen LogP contribution is -2.52. The fraction of sp³-hybridized carbons (Fsp3) is 0.786. The molecule has 0 saturated heterocycles. The van der Waals surface area contributed by atoms with Gasteiger partial charge in [0.15, 0.2) is 5.78 Å². The summed E-state index contributed by atoms with van der Waals surface area (Å²) in [6.07, 6.45) is 1.99. The zero-order valence-corrected chi connectivity index (χ0v) is 13.7. The summed E-state index contributed by atoms with van der Waals surface area (Å²) in [5, 5.41) is 0. The summed E-state index contributed by atoms with van der Waals surface area (Å²) in [7, 11) is 1.29. The molecule has 0 bridgehead atoms. The second-order valence-corrected chi connectivity index (χ2v) is 7.01. The van der Waals surface area contributed by atoms with Gasteiger partial charge in [-0.05, 0) is 33.1 Å². The molecule has 1 aliphatic rings. The maximum absolute atomic E-state index is 12.7. The van der Waals surface area contributed by atoms with Gasteiger partial charge in [-0.25, -0.2) is 0 Å². The molecule has 1 rings (SSSR count). The number of ketones is 1. The summed E-state index contributed by atoms with van der Waals surface area (Å²) in [5.74, 6) is -1.15. The number of Topliss-reactive ketones (excluding diaryl/α,β-unsaturated/α-hetero) is 1. The molecule has 2 atom stereocenters. The van der Waals surface area contributed by atoms with Crippen molar-refractivity contribution in [3.05, 3.63) is 0 Å². The van der Waals surface area contributed by atoms with Crippen LogP contribution in [0.2, 0.25) is 0 Å². The predicted molar refractivity (Wildman–Crippen MR) is 76.5 cm³/mol. The van der Waals surface area contributed by atoms with Crippen molar-refractivity contribution in [1.82, 2.24) is 0 Å². The second kappa shape index (κ2) is 6.70. The van der Waals surface area contributed by atoms with Gasteiger partial charge >= 0.3 is 11.9 Å². The fourth-order valence-electron chi connectivity index (χ4n) is 2.67. The average Bonchev–Trinajstić information content (AvgIpc) is 2.40. The highest BCUT2D eigenvalue weighted by Crippen LogP contribution is 2.46. The molecule has 2 unspecified atom stereocenters. The van der Waals surface area contributed by atoms with E-state index in [1.807, 2.05) is 0 Å². The van der Waals surface area contributed by atoms with Crippen molar-refractivity contribution < 1.29 is 23.9 Å². The van der Waals surface area contributed by atoms with Crippen LogP contribution >= 0.6 is 15.9 Å². The van der Waals surface area contributed by atoms with E-state index in [0.29, 0.717) is 12.8 Å². The third-order valence-corrected chi connectivity index (χ3v) is 4.56. The molecule has 0 N–H and O–H groups in total. The molecule has 0 heterocycles. The van der Waals surface area contributed by atoms with E-state index in [-0.39, 0.29) is 25.2 Å². The highest BCUT2D eigenvalue weighted by molar-refractivity contribution is 9.10. The van der Waals surface area contributed by atoms with Crippen molar-refractivity contribution in [1.29, 1.82) is 0 Å². The number of rotatable bonds is 5. The number of ether oxygens (including phenoxy) is 2. The third kappa shape index (κ3) is 3.40. The van der Waals surface area contributed by atoms with Crippen LogP contribution in [0.5, 0.6) is 0 Å². The average molecular weight is 349 g/mol. The molecule has 0 aliphatic heterocycles. The first kappa shape index (κ1) is 17.1. The van der Waals surface area contributed by atoms with Crippen LogP contribution in [0, 0.1) is 5.41 Å². The highest BCUT2D eigenvalue weighted by atomic mass is 79.9. The maximum Gasteiger partial charge on any atom is 0.319 e. The molecule has 20 heavy (non-hydrogen) atoms. The zero-order valence-electron chi connectivity index (χ0n) is 12.2. The summed E-state index contributed by atoms with van der Waals surface area (Å²) < 4.78 is 8.94. The van der Waals surface area contributed by atoms with Gasteiger partial charge in [-0.2, -0.15) is 0 Å². The summed E-state index contributed by atoms with van der Waals surface area (Å²) >= 11 is 3.40. The van der Waals surface area contributed by atoms with Gasteiger partial charge < -0.3 is 9.47 Å². The molecule has 0 aromatic heterocycles. The summed E-state index contributed by atoms with van der Waals surface area (Å²) in [6, 6.07) is 0. The topological polar surface area (TPSA) is 69.7 Å². The SMILES string of the molecule is CCOC(=O)C1(CCC(=O)OC)CCCC(C)(Br)C1=O. The van der Waals surface area contributed by atoms with E-state index in [1.165, 1.54) is 7.11 Å². The van der Waals surface area contributed by atoms with Gasteiger partial charge in [0.05, 0.1) is 18.0 Å². The fourth-order valence-corrected chi connectivity index (χ4v) is 3.33. The van der Waals surface area contributed by atoms with Gasteiger partial charge in [-0.3, -0.25) is 14.4 Å². The van der Waals surface area contributed by atoms with Crippen LogP contribution in [0.15, 0.2) is 0 Å². The lowest BCUT2D eigenvalue weighted by atomic mass is 9.66. The van der Waals surface area contributed by atoms with Gasteiger partial charge in [-0.15, -0.1) is 0 Å². The minimum Gasteiger partial charge on any atom is -0.469 e. The Morgan fingerprint density at radius 2 is 2.00 bits per heavy atom. The van der Waals surface area contributed by atoms with Crippen LogP contribution in [0.1, 0.15) is 46.0 Å². The first-order valence-corrected chi connectivity index (χ1v) is 7.57. The largest absolute Gasteiger partial charge is 0.469 e. The Labute approximate surface area is 127 Å². The van der Waals surface area contributed by atoms with Crippen molar-refractivity contribution in [3.8, 4) is 0 Å². The van der Waals surface area contributed by atoms with Crippen molar-refractivity contribution in [3.63, 3.8) is 0 Å². The molecule has 0 spiro atoms. The third-order valence-electron chi connectivity index (χ3n) is 3.81. The van der Waals surface area contributed by atoms with E-state index >= 15 is 0 Å². The lowest BCUT2D eigenvalue weighted by molar-refractivity contribution is -0.164. The van der Waals surface area contributed by atoms with Crippen molar-refractivity contribution in [2.75, 3.05) is 13.7 Å². The molecule has 6 heteroatoms. The standard InChI is InChI=1S/C14H21BrO5/c1-4-20-12(18)14(9-6-10(16)19-3)8-5-7-13(2,15)11(14)17/h4-9H2,1-3H3. The monoisotopic (exact) mass is 348 g/mol. The summed E-state index contributed by atoms with van der Waals surface area (Å²) in [5.41, 5.74) is -1.24. The molecule has 5 nitrogen and oxygen atoms in total. The number of alkyl halides is 1. The first-order chi connectivity index (χ1) is 9.30. The van der Waals surface area contributed by atoms with E-state index in [0.717, 1.165) is 6.42 Å². The minimum atomic E-state index is -1.24. The van der Waals surface area contributed by atoms with E-state index in [9.17, 15) is 14.4 Å². The van der Waals surface area contributed by atoms with Gasteiger partial charge in [0.1, 0.15) is 5.41 Å². The number of esters is 2. The Balaban J connectivity index is 3.03. The van der Waals surface area contributed by atoms with Crippen molar-refractivity contribution >= 4 is 33.7 Å². The van der Waals surface area contributed by atoms with E-state index in [4.69, 9.17) is 4.74 Å². The van der Waals surface area contributed by atoms with Crippen LogP contribution in [-0.2, 0) is 23.9 Å². The van der Waals surface area contributed by atoms with E-state index in [2.05, 4.69) is 20.7 Å².